The molecule has 2 aliphatic rings. The first kappa shape index (κ1) is 10.5. The summed E-state index contributed by atoms with van der Waals surface area (Å²) in [6.45, 7) is 1.74. The third-order valence-electron chi connectivity index (χ3n) is 3.54. The molecule has 2 unspecified atom stereocenters. The van der Waals surface area contributed by atoms with E-state index in [1.807, 2.05) is 4.90 Å². The van der Waals surface area contributed by atoms with Crippen molar-refractivity contribution in [3.8, 4) is 0 Å². The Morgan fingerprint density at radius 1 is 1.07 bits per heavy atom. The summed E-state index contributed by atoms with van der Waals surface area (Å²) in [6, 6.07) is 0. The molecule has 1 heterocycles. The number of carbonyl (C=O) groups excluding carboxylic acids is 1. The van der Waals surface area contributed by atoms with Gasteiger partial charge in [-0.2, -0.15) is 0 Å². The van der Waals surface area contributed by atoms with E-state index in [0.717, 1.165) is 38.8 Å². The molecular weight excluding hydrogens is 194 g/mol. The van der Waals surface area contributed by atoms with E-state index in [9.17, 15) is 9.59 Å². The SMILES string of the molecule is O=C(O)C1CCCC(C(=O)N2CCC2)C1. The average Bonchev–Trinajstić information content (AvgIpc) is 2.15. The Hall–Kier alpha value is -1.06. The highest BCUT2D eigenvalue weighted by atomic mass is 16.4. The summed E-state index contributed by atoms with van der Waals surface area (Å²) < 4.78 is 0. The lowest BCUT2D eigenvalue weighted by Crippen LogP contribution is -2.46. The van der Waals surface area contributed by atoms with Crippen LogP contribution in [0.15, 0.2) is 0 Å². The molecule has 15 heavy (non-hydrogen) atoms. The van der Waals surface area contributed by atoms with Gasteiger partial charge in [0.1, 0.15) is 0 Å². The summed E-state index contributed by atoms with van der Waals surface area (Å²) >= 11 is 0. The lowest BCUT2D eigenvalue weighted by atomic mass is 9.80. The fourth-order valence-corrected chi connectivity index (χ4v) is 2.43. The van der Waals surface area contributed by atoms with Crippen molar-refractivity contribution < 1.29 is 14.7 Å². The van der Waals surface area contributed by atoms with Crippen molar-refractivity contribution in [2.75, 3.05) is 13.1 Å². The molecule has 1 N–H and O–H groups in total. The predicted molar refractivity (Wildman–Crippen MR) is 54.3 cm³/mol. The maximum Gasteiger partial charge on any atom is 0.306 e. The van der Waals surface area contributed by atoms with Gasteiger partial charge in [0.05, 0.1) is 5.92 Å². The van der Waals surface area contributed by atoms with E-state index in [4.69, 9.17) is 5.11 Å². The van der Waals surface area contributed by atoms with Gasteiger partial charge in [0.25, 0.3) is 0 Å². The summed E-state index contributed by atoms with van der Waals surface area (Å²) in [5.74, 6) is -0.877. The number of amides is 1. The number of likely N-dealkylation sites (tertiary alicyclic amines) is 1. The van der Waals surface area contributed by atoms with E-state index in [1.165, 1.54) is 0 Å². The van der Waals surface area contributed by atoms with E-state index >= 15 is 0 Å². The minimum Gasteiger partial charge on any atom is -0.481 e. The van der Waals surface area contributed by atoms with Crippen molar-refractivity contribution in [2.45, 2.75) is 32.1 Å². The fourth-order valence-electron chi connectivity index (χ4n) is 2.43. The Kier molecular flexibility index (Phi) is 2.93. The second kappa shape index (κ2) is 4.21. The number of rotatable bonds is 2. The average molecular weight is 211 g/mol. The second-order valence-corrected chi connectivity index (χ2v) is 4.58. The molecule has 4 nitrogen and oxygen atoms in total. The molecule has 2 rings (SSSR count). The van der Waals surface area contributed by atoms with Crippen LogP contribution < -0.4 is 0 Å². The van der Waals surface area contributed by atoms with Crippen molar-refractivity contribution in [1.82, 2.24) is 4.90 Å². The molecule has 84 valence electrons. The highest BCUT2D eigenvalue weighted by Gasteiger charge is 2.34. The summed E-state index contributed by atoms with van der Waals surface area (Å²) in [7, 11) is 0. The number of hydrogen-bond acceptors (Lipinski definition) is 2. The molecule has 0 bridgehead atoms. The Labute approximate surface area is 89.3 Å². The number of aliphatic carboxylic acids is 1. The van der Waals surface area contributed by atoms with Crippen LogP contribution in [0.1, 0.15) is 32.1 Å². The van der Waals surface area contributed by atoms with Gasteiger partial charge in [-0.15, -0.1) is 0 Å². The first-order chi connectivity index (χ1) is 7.18. The second-order valence-electron chi connectivity index (χ2n) is 4.58. The zero-order valence-electron chi connectivity index (χ0n) is 8.82. The van der Waals surface area contributed by atoms with Crippen LogP contribution in [0.4, 0.5) is 0 Å². The van der Waals surface area contributed by atoms with Gasteiger partial charge in [0.15, 0.2) is 0 Å². The molecule has 4 heteroatoms. The van der Waals surface area contributed by atoms with E-state index in [1.54, 1.807) is 0 Å². The molecule has 1 saturated carbocycles. The maximum absolute atomic E-state index is 11.9. The Morgan fingerprint density at radius 3 is 2.27 bits per heavy atom. The number of carboxylic acids is 1. The normalized spacial score (nSPS) is 30.8. The van der Waals surface area contributed by atoms with E-state index in [2.05, 4.69) is 0 Å². The third-order valence-corrected chi connectivity index (χ3v) is 3.54. The predicted octanol–water partition coefficient (Wildman–Crippen LogP) is 1.11. The lowest BCUT2D eigenvalue weighted by Gasteiger charge is -2.36. The van der Waals surface area contributed by atoms with Crippen LogP contribution in [0, 0.1) is 11.8 Å². The Bertz CT molecular complexity index is 273. The number of carboxylic acid groups (broad SMARTS) is 1. The van der Waals surface area contributed by atoms with Crippen LogP contribution >= 0.6 is 0 Å². The third kappa shape index (κ3) is 2.13. The van der Waals surface area contributed by atoms with Crippen LogP contribution in [-0.2, 0) is 9.59 Å². The van der Waals surface area contributed by atoms with Gasteiger partial charge in [-0.1, -0.05) is 6.42 Å². The molecule has 1 amide bonds. The molecule has 1 aliphatic carbocycles. The summed E-state index contributed by atoms with van der Waals surface area (Å²) in [4.78, 5) is 24.6. The first-order valence-corrected chi connectivity index (χ1v) is 5.70. The lowest BCUT2D eigenvalue weighted by molar-refractivity contribution is -0.146. The Balaban J connectivity index is 1.91. The standard InChI is InChI=1S/C11H17NO3/c13-10(12-5-2-6-12)8-3-1-4-9(7-8)11(14)15/h8-9H,1-7H2,(H,14,15). The number of nitrogens with zero attached hydrogens (tertiary/aromatic N) is 1. The molecule has 1 aliphatic heterocycles. The summed E-state index contributed by atoms with van der Waals surface area (Å²) in [5.41, 5.74) is 0. The van der Waals surface area contributed by atoms with E-state index < -0.39 is 5.97 Å². The van der Waals surface area contributed by atoms with Crippen LogP contribution in [0.25, 0.3) is 0 Å². The highest BCUT2D eigenvalue weighted by molar-refractivity contribution is 5.80. The van der Waals surface area contributed by atoms with Gasteiger partial charge in [-0.05, 0) is 25.7 Å². The summed E-state index contributed by atoms with van der Waals surface area (Å²) in [6.07, 6.45) is 4.13. The van der Waals surface area contributed by atoms with Crippen molar-refractivity contribution in [3.05, 3.63) is 0 Å². The van der Waals surface area contributed by atoms with Crippen LogP contribution in [0.3, 0.4) is 0 Å². The minimum absolute atomic E-state index is 0.0276. The topological polar surface area (TPSA) is 57.6 Å². The molecule has 0 aromatic rings. The molecular formula is C11H17NO3. The molecule has 1 saturated heterocycles. The van der Waals surface area contributed by atoms with Gasteiger partial charge < -0.3 is 10.0 Å². The van der Waals surface area contributed by atoms with Gasteiger partial charge >= 0.3 is 5.97 Å². The molecule has 0 spiro atoms. The quantitative estimate of drug-likeness (QED) is 0.744. The summed E-state index contributed by atoms with van der Waals surface area (Å²) in [5, 5.41) is 8.92. The highest BCUT2D eigenvalue weighted by Crippen LogP contribution is 2.31. The van der Waals surface area contributed by atoms with Gasteiger partial charge in [-0.3, -0.25) is 9.59 Å². The molecule has 0 aromatic carbocycles. The van der Waals surface area contributed by atoms with Crippen molar-refractivity contribution in [3.63, 3.8) is 0 Å². The molecule has 2 atom stereocenters. The van der Waals surface area contributed by atoms with E-state index in [-0.39, 0.29) is 17.7 Å². The molecule has 0 aromatic heterocycles. The van der Waals surface area contributed by atoms with Crippen molar-refractivity contribution in [2.24, 2.45) is 11.8 Å². The molecule has 0 radical (unpaired) electrons. The first-order valence-electron chi connectivity index (χ1n) is 5.70. The number of carbonyl (C=O) groups is 2. The molecule has 2 fully saturated rings. The van der Waals surface area contributed by atoms with Gasteiger partial charge in [0, 0.05) is 19.0 Å². The number of hydrogen-bond donors (Lipinski definition) is 1. The monoisotopic (exact) mass is 211 g/mol. The van der Waals surface area contributed by atoms with Gasteiger partial charge in [0.2, 0.25) is 5.91 Å². The smallest absolute Gasteiger partial charge is 0.306 e. The fraction of sp³-hybridized carbons (Fsp3) is 0.818. The maximum atomic E-state index is 11.9. The van der Waals surface area contributed by atoms with E-state index in [0.29, 0.717) is 6.42 Å². The van der Waals surface area contributed by atoms with Crippen molar-refractivity contribution in [1.29, 1.82) is 0 Å². The van der Waals surface area contributed by atoms with Gasteiger partial charge in [-0.25, -0.2) is 0 Å². The Morgan fingerprint density at radius 2 is 1.73 bits per heavy atom. The minimum atomic E-state index is -0.740. The largest absolute Gasteiger partial charge is 0.481 e. The van der Waals surface area contributed by atoms with Crippen LogP contribution in [0.5, 0.6) is 0 Å². The van der Waals surface area contributed by atoms with Crippen LogP contribution in [-0.4, -0.2) is 35.0 Å². The van der Waals surface area contributed by atoms with Crippen LogP contribution in [0.2, 0.25) is 0 Å². The zero-order chi connectivity index (χ0) is 10.8. The van der Waals surface area contributed by atoms with Crippen molar-refractivity contribution >= 4 is 11.9 Å². The zero-order valence-corrected chi connectivity index (χ0v) is 8.82.